The zero-order chi connectivity index (χ0) is 22.9. The summed E-state index contributed by atoms with van der Waals surface area (Å²) in [6.45, 7) is 3.23. The number of carbonyl (C=O) groups is 2. The van der Waals surface area contributed by atoms with Crippen LogP contribution >= 0.6 is 23.1 Å². The molecule has 1 saturated heterocycles. The van der Waals surface area contributed by atoms with Crippen molar-refractivity contribution in [2.24, 2.45) is 0 Å². The van der Waals surface area contributed by atoms with Crippen LogP contribution in [-0.4, -0.2) is 46.3 Å². The summed E-state index contributed by atoms with van der Waals surface area (Å²) in [6.07, 6.45) is -4.23. The first-order valence-electron chi connectivity index (χ1n) is 9.95. The van der Waals surface area contributed by atoms with Crippen molar-refractivity contribution in [3.05, 3.63) is 58.1 Å². The Morgan fingerprint density at radius 3 is 2.44 bits per heavy atom. The lowest BCUT2D eigenvalue weighted by Gasteiger charge is -2.26. The van der Waals surface area contributed by atoms with Crippen LogP contribution < -0.4 is 5.32 Å². The smallest absolute Gasteiger partial charge is 0.341 e. The number of nitrogens with one attached hydrogen (secondary N) is 1. The van der Waals surface area contributed by atoms with Crippen LogP contribution in [0.15, 0.2) is 36.4 Å². The topological polar surface area (TPSA) is 62.3 Å². The molecule has 0 radical (unpaired) electrons. The van der Waals surface area contributed by atoms with Gasteiger partial charge in [0.05, 0.1) is 11.3 Å². The first-order valence-corrected chi connectivity index (χ1v) is 11.9. The van der Waals surface area contributed by atoms with Crippen LogP contribution in [0.2, 0.25) is 0 Å². The standard InChI is InChI=1S/C22H20F3N3O2S2/c1-13-16-6-7-17(22(23,24)25)27-21(16)32-19(13)20(30)26-15-4-2-14(3-5-15)12-18(29)28-8-10-31-11-9-28/h2-7H,8-12H2,1H3,(H,26,30). The van der Waals surface area contributed by atoms with Crippen molar-refractivity contribution in [1.82, 2.24) is 9.88 Å². The Labute approximate surface area is 191 Å². The molecule has 2 amide bonds. The van der Waals surface area contributed by atoms with Gasteiger partial charge >= 0.3 is 6.18 Å². The number of carbonyl (C=O) groups excluding carboxylic acids is 2. The van der Waals surface area contributed by atoms with Gasteiger partial charge in [-0.15, -0.1) is 11.3 Å². The molecule has 1 N–H and O–H groups in total. The number of halogens is 3. The predicted molar refractivity (Wildman–Crippen MR) is 121 cm³/mol. The number of nitrogens with zero attached hydrogens (tertiary/aromatic N) is 2. The number of pyridine rings is 1. The molecular formula is C22H20F3N3O2S2. The lowest BCUT2D eigenvalue weighted by molar-refractivity contribution is -0.141. The average Bonchev–Trinajstić information content (AvgIpc) is 3.11. The normalized spacial score (nSPS) is 14.6. The molecule has 0 spiro atoms. The Kier molecular flexibility index (Phi) is 6.43. The Hall–Kier alpha value is -2.59. The van der Waals surface area contributed by atoms with Crippen molar-refractivity contribution in [3.63, 3.8) is 0 Å². The van der Waals surface area contributed by atoms with Crippen LogP contribution in [0.4, 0.5) is 18.9 Å². The van der Waals surface area contributed by atoms with Gasteiger partial charge < -0.3 is 10.2 Å². The maximum absolute atomic E-state index is 12.9. The molecular weight excluding hydrogens is 459 g/mol. The summed E-state index contributed by atoms with van der Waals surface area (Å²) in [4.78, 5) is 31.2. The molecule has 10 heteroatoms. The second kappa shape index (κ2) is 9.11. The van der Waals surface area contributed by atoms with Gasteiger partial charge in [-0.25, -0.2) is 4.98 Å². The highest BCUT2D eigenvalue weighted by Crippen LogP contribution is 2.34. The van der Waals surface area contributed by atoms with E-state index in [1.54, 1.807) is 31.2 Å². The van der Waals surface area contributed by atoms with Crippen LogP contribution in [0.25, 0.3) is 10.2 Å². The first kappa shape index (κ1) is 22.6. The van der Waals surface area contributed by atoms with Crippen LogP contribution in [0.1, 0.15) is 26.5 Å². The number of thioether (sulfide) groups is 1. The number of thiophene rings is 1. The van der Waals surface area contributed by atoms with E-state index >= 15 is 0 Å². The molecule has 1 fully saturated rings. The predicted octanol–water partition coefficient (Wildman–Crippen LogP) is 4.99. The van der Waals surface area contributed by atoms with Crippen LogP contribution in [0.3, 0.4) is 0 Å². The Bertz CT molecular complexity index is 1150. The number of aromatic nitrogens is 1. The second-order valence-electron chi connectivity index (χ2n) is 7.42. The number of amides is 2. The van der Waals surface area contributed by atoms with Crippen LogP contribution in [-0.2, 0) is 17.4 Å². The summed E-state index contributed by atoms with van der Waals surface area (Å²) in [5, 5.41) is 3.30. The van der Waals surface area contributed by atoms with E-state index in [-0.39, 0.29) is 10.7 Å². The molecule has 1 aliphatic rings. The highest BCUT2D eigenvalue weighted by atomic mass is 32.2. The largest absolute Gasteiger partial charge is 0.433 e. The Morgan fingerprint density at radius 2 is 1.78 bits per heavy atom. The number of anilines is 1. The van der Waals surface area contributed by atoms with E-state index in [0.29, 0.717) is 27.9 Å². The number of fused-ring (bicyclic) bond motifs is 1. The van der Waals surface area contributed by atoms with E-state index in [4.69, 9.17) is 0 Å². The van der Waals surface area contributed by atoms with Crippen LogP contribution in [0.5, 0.6) is 0 Å². The van der Waals surface area contributed by atoms with Gasteiger partial charge in [0.15, 0.2) is 0 Å². The van der Waals surface area contributed by atoms with Crippen molar-refractivity contribution in [1.29, 1.82) is 0 Å². The molecule has 3 heterocycles. The maximum atomic E-state index is 12.9. The molecule has 1 aliphatic heterocycles. The molecule has 168 valence electrons. The minimum atomic E-state index is -4.54. The molecule has 32 heavy (non-hydrogen) atoms. The van der Waals surface area contributed by atoms with Gasteiger partial charge in [-0.1, -0.05) is 12.1 Å². The number of aryl methyl sites for hydroxylation is 1. The summed E-state index contributed by atoms with van der Waals surface area (Å²) in [5.74, 6) is 1.60. The van der Waals surface area contributed by atoms with Crippen molar-refractivity contribution in [2.75, 3.05) is 29.9 Å². The molecule has 0 saturated carbocycles. The van der Waals surface area contributed by atoms with E-state index in [1.165, 1.54) is 6.07 Å². The molecule has 0 unspecified atom stereocenters. The van der Waals surface area contributed by atoms with Gasteiger partial charge in [0.1, 0.15) is 10.5 Å². The average molecular weight is 480 g/mol. The molecule has 0 aliphatic carbocycles. The number of rotatable bonds is 4. The molecule has 1 aromatic carbocycles. The fourth-order valence-electron chi connectivity index (χ4n) is 3.47. The van der Waals surface area contributed by atoms with E-state index in [1.807, 2.05) is 16.7 Å². The van der Waals surface area contributed by atoms with Gasteiger partial charge in [-0.05, 0) is 42.3 Å². The fraction of sp³-hybridized carbons (Fsp3) is 0.318. The van der Waals surface area contributed by atoms with Crippen LogP contribution in [0, 0.1) is 6.92 Å². The Morgan fingerprint density at radius 1 is 1.09 bits per heavy atom. The maximum Gasteiger partial charge on any atom is 0.433 e. The lowest BCUT2D eigenvalue weighted by atomic mass is 10.1. The second-order valence-corrected chi connectivity index (χ2v) is 9.65. The number of hydrogen-bond donors (Lipinski definition) is 1. The number of alkyl halides is 3. The van der Waals surface area contributed by atoms with Gasteiger partial charge in [-0.3, -0.25) is 9.59 Å². The van der Waals surface area contributed by atoms with Crippen molar-refractivity contribution >= 4 is 50.8 Å². The summed E-state index contributed by atoms with van der Waals surface area (Å²) in [5.41, 5.74) is 1.01. The molecule has 2 aromatic heterocycles. The minimum Gasteiger partial charge on any atom is -0.341 e. The third-order valence-electron chi connectivity index (χ3n) is 5.23. The minimum absolute atomic E-state index is 0.0914. The van der Waals surface area contributed by atoms with Crippen molar-refractivity contribution < 1.29 is 22.8 Å². The molecule has 5 nitrogen and oxygen atoms in total. The molecule has 0 atom stereocenters. The first-order chi connectivity index (χ1) is 15.2. The summed E-state index contributed by atoms with van der Waals surface area (Å²) >= 11 is 2.78. The quantitative estimate of drug-likeness (QED) is 0.573. The van der Waals surface area contributed by atoms with Gasteiger partial charge in [0.25, 0.3) is 5.91 Å². The van der Waals surface area contributed by atoms with Gasteiger partial charge in [0, 0.05) is 35.7 Å². The zero-order valence-electron chi connectivity index (χ0n) is 17.2. The van der Waals surface area contributed by atoms with E-state index in [0.717, 1.165) is 47.6 Å². The fourth-order valence-corrected chi connectivity index (χ4v) is 5.44. The van der Waals surface area contributed by atoms with E-state index in [9.17, 15) is 22.8 Å². The van der Waals surface area contributed by atoms with Crippen molar-refractivity contribution in [2.45, 2.75) is 19.5 Å². The molecule has 3 aromatic rings. The monoisotopic (exact) mass is 479 g/mol. The summed E-state index contributed by atoms with van der Waals surface area (Å²) in [7, 11) is 0. The van der Waals surface area contributed by atoms with E-state index in [2.05, 4.69) is 10.3 Å². The highest BCUT2D eigenvalue weighted by Gasteiger charge is 2.33. The lowest BCUT2D eigenvalue weighted by Crippen LogP contribution is -2.38. The molecule has 4 rings (SSSR count). The number of benzene rings is 1. The van der Waals surface area contributed by atoms with E-state index < -0.39 is 17.8 Å². The van der Waals surface area contributed by atoms with Gasteiger partial charge in [0.2, 0.25) is 5.91 Å². The summed E-state index contributed by atoms with van der Waals surface area (Å²) in [6, 6.07) is 9.29. The third-order valence-corrected chi connectivity index (χ3v) is 7.37. The zero-order valence-corrected chi connectivity index (χ0v) is 18.8. The third kappa shape index (κ3) is 4.91. The Balaban J connectivity index is 1.45. The van der Waals surface area contributed by atoms with Gasteiger partial charge in [-0.2, -0.15) is 24.9 Å². The SMILES string of the molecule is Cc1c(C(=O)Nc2ccc(CC(=O)N3CCSCC3)cc2)sc2nc(C(F)(F)F)ccc12. The summed E-state index contributed by atoms with van der Waals surface area (Å²) < 4.78 is 38.8. The van der Waals surface area contributed by atoms with Crippen molar-refractivity contribution in [3.8, 4) is 0 Å². The highest BCUT2D eigenvalue weighted by molar-refractivity contribution is 7.99. The molecule has 0 bridgehead atoms. The number of hydrogen-bond acceptors (Lipinski definition) is 5.